The molecule has 6 aliphatic heterocycles. The van der Waals surface area contributed by atoms with E-state index < -0.39 is 16.2 Å². The van der Waals surface area contributed by atoms with E-state index in [-0.39, 0.29) is 4.70 Å². The van der Waals surface area contributed by atoms with Crippen LogP contribution >= 0.6 is 0 Å². The van der Waals surface area contributed by atoms with Crippen molar-refractivity contribution in [1.82, 2.24) is 9.27 Å². The summed E-state index contributed by atoms with van der Waals surface area (Å²) >= 11 is 0. The summed E-state index contributed by atoms with van der Waals surface area (Å²) in [7, 11) is 0. The van der Waals surface area contributed by atoms with Gasteiger partial charge in [-0.1, -0.05) is 176 Å². The van der Waals surface area contributed by atoms with Crippen LogP contribution in [0.2, 0.25) is 0 Å². The first-order valence-electron chi connectivity index (χ1n) is 27.7. The molecule has 9 aliphatic rings. The van der Waals surface area contributed by atoms with Gasteiger partial charge < -0.3 is 4.74 Å². The van der Waals surface area contributed by atoms with Crippen LogP contribution < -0.4 is 23.7 Å². The standard InChI is InChI=1S/C73H40N5O/c1-7-25-49-41(17-1)42-18-2-8-26-50(42)71(49)55-31-13-23-47-48-24-15-39-74-69(48)76(63(47)55)65-58(71)35-37-61-67(65)78(74)68-62(79-61)38-36-59-66(68)77-64-56(72(59)51-27-9-3-19-43(51)44-20-4-10-28-52(44)72)32-14-33-57(64)73(60-34-16-40-75(78)70(60)77)53-29-11-5-21-45(53)46-22-6-12-30-54(46)73/h1-40H/q+3. The van der Waals surface area contributed by atoms with E-state index in [1.54, 1.807) is 0 Å². The van der Waals surface area contributed by atoms with Gasteiger partial charge in [0.25, 0.3) is 0 Å². The summed E-state index contributed by atoms with van der Waals surface area (Å²) < 4.78 is 15.9. The molecule has 9 heterocycles. The third-order valence-electron chi connectivity index (χ3n) is 20.6. The lowest BCUT2D eigenvalue weighted by molar-refractivity contribution is -1.03. The van der Waals surface area contributed by atoms with Gasteiger partial charge in [-0.3, -0.25) is 0 Å². The molecule has 0 N–H and O–H groups in total. The van der Waals surface area contributed by atoms with Crippen LogP contribution in [0.4, 0.5) is 28.6 Å². The highest BCUT2D eigenvalue weighted by molar-refractivity contribution is 6.14. The fourth-order valence-corrected chi connectivity index (χ4v) is 18.3. The van der Waals surface area contributed by atoms with Gasteiger partial charge in [0.2, 0.25) is 22.9 Å². The molecule has 360 valence electrons. The Hall–Kier alpha value is -10.1. The fraction of sp³-hybridized carbons (Fsp3) is 0.0411. The highest BCUT2D eigenvalue weighted by atomic mass is 16.5. The maximum absolute atomic E-state index is 7.74. The third kappa shape index (κ3) is 3.60. The van der Waals surface area contributed by atoms with E-state index >= 15 is 0 Å². The first-order valence-corrected chi connectivity index (χ1v) is 27.7. The molecule has 22 rings (SSSR count). The van der Waals surface area contributed by atoms with E-state index in [1.807, 2.05) is 0 Å². The van der Waals surface area contributed by atoms with Crippen LogP contribution in [0.15, 0.2) is 243 Å². The lowest BCUT2D eigenvalue weighted by atomic mass is 9.59. The topological polar surface area (TPSA) is 25.2 Å². The summed E-state index contributed by atoms with van der Waals surface area (Å²) in [5.74, 6) is 2.84. The van der Waals surface area contributed by atoms with Gasteiger partial charge in [0.05, 0.1) is 31.9 Å². The van der Waals surface area contributed by atoms with Crippen molar-refractivity contribution in [3.63, 3.8) is 0 Å². The van der Waals surface area contributed by atoms with Crippen molar-refractivity contribution in [1.29, 1.82) is 0 Å². The molecule has 6 heteroatoms. The molecule has 10 aromatic carbocycles. The summed E-state index contributed by atoms with van der Waals surface area (Å²) in [5.41, 5.74) is 29.4. The molecule has 0 bridgehead atoms. The van der Waals surface area contributed by atoms with Crippen molar-refractivity contribution < 1.29 is 14.1 Å². The monoisotopic (exact) mass is 1000 g/mol. The van der Waals surface area contributed by atoms with Gasteiger partial charge in [-0.2, -0.15) is 9.47 Å². The van der Waals surface area contributed by atoms with Crippen molar-refractivity contribution in [2.24, 2.45) is 0 Å². The molecular weight excluding hydrogens is 963 g/mol. The lowest BCUT2D eigenvalue weighted by Gasteiger charge is -2.51. The van der Waals surface area contributed by atoms with E-state index in [2.05, 4.69) is 262 Å². The molecule has 4 spiro atoms. The minimum absolute atomic E-state index is 0.204. The molecule has 0 fully saturated rings. The van der Waals surface area contributed by atoms with Crippen molar-refractivity contribution in [3.05, 3.63) is 310 Å². The maximum Gasteiger partial charge on any atom is 0.350 e. The largest absolute Gasteiger partial charge is 0.444 e. The number of quaternary nitrogens is 1. The number of rotatable bonds is 0. The van der Waals surface area contributed by atoms with Crippen LogP contribution in [-0.2, 0) is 16.2 Å². The Labute approximate surface area is 452 Å². The molecule has 13 aromatic rings. The van der Waals surface area contributed by atoms with Gasteiger partial charge in [0.15, 0.2) is 12.4 Å². The van der Waals surface area contributed by atoms with E-state index in [4.69, 9.17) is 4.74 Å². The number of hydrogen-bond acceptors (Lipinski definition) is 2. The minimum Gasteiger partial charge on any atom is -0.444 e. The minimum atomic E-state index is -0.704. The number of aromatic nitrogens is 3. The fourth-order valence-electron chi connectivity index (χ4n) is 18.3. The number of hydrogen-bond donors (Lipinski definition) is 0. The smallest absolute Gasteiger partial charge is 0.350 e. The second kappa shape index (κ2) is 12.3. The first-order chi connectivity index (χ1) is 39.2. The van der Waals surface area contributed by atoms with Crippen molar-refractivity contribution in [2.75, 3.05) is 4.90 Å². The highest BCUT2D eigenvalue weighted by Crippen LogP contribution is 2.75. The maximum atomic E-state index is 7.74. The van der Waals surface area contributed by atoms with Gasteiger partial charge in [-0.05, 0) is 131 Å². The average molecular weight is 1000 g/mol. The Balaban J connectivity index is 1.01. The zero-order valence-corrected chi connectivity index (χ0v) is 42.2. The molecule has 0 amide bonds. The van der Waals surface area contributed by atoms with E-state index in [9.17, 15) is 0 Å². The normalized spacial score (nSPS) is 18.3. The molecule has 0 saturated heterocycles. The number of anilines is 3. The van der Waals surface area contributed by atoms with Crippen molar-refractivity contribution in [3.8, 4) is 50.6 Å². The van der Waals surface area contributed by atoms with Gasteiger partial charge in [-0.15, -0.1) is 0 Å². The first kappa shape index (κ1) is 39.3. The predicted molar refractivity (Wildman–Crippen MR) is 307 cm³/mol. The number of para-hydroxylation sites is 2. The van der Waals surface area contributed by atoms with E-state index in [0.717, 1.165) is 34.3 Å². The van der Waals surface area contributed by atoms with Crippen molar-refractivity contribution in [2.45, 2.75) is 16.2 Å². The molecule has 6 nitrogen and oxygen atoms in total. The van der Waals surface area contributed by atoms with Crippen LogP contribution in [0.5, 0.6) is 11.5 Å². The Bertz CT molecular complexity index is 5080. The van der Waals surface area contributed by atoms with E-state index in [1.165, 1.54) is 133 Å². The zero-order chi connectivity index (χ0) is 50.6. The number of ether oxygens (including phenoxy) is 1. The number of nitrogens with zero attached hydrogens (tertiary/aromatic N) is 5. The molecule has 1 unspecified atom stereocenters. The molecule has 0 radical (unpaired) electrons. The van der Waals surface area contributed by atoms with Crippen LogP contribution in [0.3, 0.4) is 0 Å². The highest BCUT2D eigenvalue weighted by Gasteiger charge is 2.75. The molecular formula is C73H40N5O+3. The average Bonchev–Trinajstić information content (AvgIpc) is 1.91. The Morgan fingerprint density at radius 3 is 1.27 bits per heavy atom. The zero-order valence-electron chi connectivity index (χ0n) is 42.2. The predicted octanol–water partition coefficient (Wildman–Crippen LogP) is 15.2. The quantitative estimate of drug-likeness (QED) is 0.112. The number of pyridine rings is 2. The van der Waals surface area contributed by atoms with Gasteiger partial charge in [0, 0.05) is 33.2 Å². The second-order valence-electron chi connectivity index (χ2n) is 23.1. The van der Waals surface area contributed by atoms with Crippen LogP contribution in [-0.4, -0.2) is 4.57 Å². The summed E-state index contributed by atoms with van der Waals surface area (Å²) in [5, 5.41) is 2.46. The summed E-state index contributed by atoms with van der Waals surface area (Å²) in [4.78, 5) is 2.71. The van der Waals surface area contributed by atoms with Gasteiger partial charge >= 0.3 is 22.8 Å². The number of fused-ring (bicyclic) bond motifs is 22. The summed E-state index contributed by atoms with van der Waals surface area (Å²) in [6, 6.07) is 88.7. The molecule has 1 atom stereocenters. The van der Waals surface area contributed by atoms with Crippen molar-refractivity contribution >= 4 is 50.5 Å². The molecule has 3 aromatic heterocycles. The van der Waals surface area contributed by atoms with Crippen LogP contribution in [0, 0.1) is 0 Å². The van der Waals surface area contributed by atoms with Gasteiger partial charge in [-0.25, -0.2) is 0 Å². The molecule has 79 heavy (non-hydrogen) atoms. The Kier molecular flexibility index (Phi) is 6.13. The Morgan fingerprint density at radius 2 is 0.709 bits per heavy atom. The lowest BCUT2D eigenvalue weighted by Crippen LogP contribution is -2.87. The second-order valence-corrected chi connectivity index (χ2v) is 23.1. The summed E-state index contributed by atoms with van der Waals surface area (Å²) in [6.45, 7) is 0. The third-order valence-corrected chi connectivity index (χ3v) is 20.6. The molecule has 3 aliphatic carbocycles. The molecule has 0 saturated carbocycles. The Morgan fingerprint density at radius 1 is 0.316 bits per heavy atom. The van der Waals surface area contributed by atoms with Gasteiger partial charge in [0.1, 0.15) is 11.2 Å². The summed E-state index contributed by atoms with van der Waals surface area (Å²) in [6.07, 6.45) is 4.75. The number of benzene rings is 10. The van der Waals surface area contributed by atoms with E-state index in [0.29, 0.717) is 0 Å². The van der Waals surface area contributed by atoms with Crippen LogP contribution in [0.1, 0.15) is 66.8 Å². The SMILES string of the molecule is c1ccc2c(c1)-c1ccccc1C21c2cccc3c2N2c4c1ccc1c4[N+]4(c5c(ccc6c5-n5c7c(cccc7c7ccc[n+]4c75)C64c5ccccc5-c5ccccc54)O1)[n+]1cccc(c12)C31c2ccccc2-c2ccccc21. The van der Waals surface area contributed by atoms with Crippen LogP contribution in [0.25, 0.3) is 61.0 Å².